The van der Waals surface area contributed by atoms with Crippen LogP contribution in [0.25, 0.3) is 0 Å². The molecule has 0 amide bonds. The van der Waals surface area contributed by atoms with Gasteiger partial charge in [0.25, 0.3) is 0 Å². The van der Waals surface area contributed by atoms with Crippen molar-refractivity contribution in [3.8, 4) is 6.07 Å². The molecule has 18 heavy (non-hydrogen) atoms. The molecule has 2 N–H and O–H groups in total. The second-order valence-corrected chi connectivity index (χ2v) is 4.33. The fraction of sp³-hybridized carbons (Fsp3) is 0.0833. The summed E-state index contributed by atoms with van der Waals surface area (Å²) in [6.07, 6.45) is 3.27. The fourth-order valence-corrected chi connectivity index (χ4v) is 1.85. The van der Waals surface area contributed by atoms with Crippen LogP contribution in [0.15, 0.2) is 35.1 Å². The highest BCUT2D eigenvalue weighted by atomic mass is 79.9. The van der Waals surface area contributed by atoms with E-state index in [1.807, 2.05) is 6.07 Å². The predicted octanol–water partition coefficient (Wildman–Crippen LogP) is 2.90. The van der Waals surface area contributed by atoms with E-state index in [9.17, 15) is 0 Å². The summed E-state index contributed by atoms with van der Waals surface area (Å²) in [6.45, 7) is 0. The van der Waals surface area contributed by atoms with Crippen molar-refractivity contribution in [3.05, 3.63) is 40.6 Å². The van der Waals surface area contributed by atoms with Crippen molar-refractivity contribution in [3.63, 3.8) is 0 Å². The average molecular weight is 304 g/mol. The molecule has 2 aromatic rings. The van der Waals surface area contributed by atoms with Gasteiger partial charge in [0, 0.05) is 11.5 Å². The predicted molar refractivity (Wildman–Crippen MR) is 73.7 cm³/mol. The first-order valence-corrected chi connectivity index (χ1v) is 5.98. The molecule has 0 saturated heterocycles. The number of anilines is 3. The van der Waals surface area contributed by atoms with Gasteiger partial charge in [-0.3, -0.25) is 4.98 Å². The summed E-state index contributed by atoms with van der Waals surface area (Å²) in [6, 6.07) is 7.38. The Kier molecular flexibility index (Phi) is 3.75. The first kappa shape index (κ1) is 12.3. The lowest BCUT2D eigenvalue weighted by Gasteiger charge is -2.08. The number of hydrogen-bond donors (Lipinski definition) is 2. The molecule has 0 spiro atoms. The first-order valence-electron chi connectivity index (χ1n) is 5.19. The van der Waals surface area contributed by atoms with Crippen molar-refractivity contribution in [2.45, 2.75) is 0 Å². The maximum absolute atomic E-state index is 8.79. The summed E-state index contributed by atoms with van der Waals surface area (Å²) in [7, 11) is 1.78. The molecule has 0 aliphatic carbocycles. The van der Waals surface area contributed by atoms with Gasteiger partial charge in [-0.2, -0.15) is 5.26 Å². The largest absolute Gasteiger partial charge is 0.372 e. The minimum atomic E-state index is 0.600. The van der Waals surface area contributed by atoms with Crippen molar-refractivity contribution < 1.29 is 0 Å². The van der Waals surface area contributed by atoms with Crippen LogP contribution in [-0.2, 0) is 0 Å². The molecule has 90 valence electrons. The molecule has 1 aromatic carbocycles. The molecule has 0 saturated carbocycles. The Morgan fingerprint density at radius 2 is 2.06 bits per heavy atom. The van der Waals surface area contributed by atoms with E-state index in [1.54, 1.807) is 31.6 Å². The van der Waals surface area contributed by atoms with E-state index in [4.69, 9.17) is 5.26 Å². The molecule has 0 radical (unpaired) electrons. The minimum absolute atomic E-state index is 0.600. The number of nitrogens with one attached hydrogen (secondary N) is 2. The molecule has 0 atom stereocenters. The monoisotopic (exact) mass is 303 g/mol. The van der Waals surface area contributed by atoms with Crippen molar-refractivity contribution in [1.29, 1.82) is 5.26 Å². The van der Waals surface area contributed by atoms with Crippen molar-refractivity contribution in [1.82, 2.24) is 9.97 Å². The van der Waals surface area contributed by atoms with E-state index < -0.39 is 0 Å². The maximum Gasteiger partial charge on any atom is 0.151 e. The average Bonchev–Trinajstić information content (AvgIpc) is 2.41. The number of hydrogen-bond acceptors (Lipinski definition) is 5. The van der Waals surface area contributed by atoms with Gasteiger partial charge >= 0.3 is 0 Å². The third-order valence-corrected chi connectivity index (χ3v) is 2.91. The third kappa shape index (κ3) is 2.76. The molecule has 1 heterocycles. The van der Waals surface area contributed by atoms with Crippen molar-refractivity contribution in [2.75, 3.05) is 17.7 Å². The van der Waals surface area contributed by atoms with Crippen LogP contribution in [-0.4, -0.2) is 17.0 Å². The molecule has 1 aromatic heterocycles. The number of halogens is 1. The van der Waals surface area contributed by atoms with E-state index in [2.05, 4.69) is 42.6 Å². The summed E-state index contributed by atoms with van der Waals surface area (Å²) in [5.41, 5.74) is 1.43. The van der Waals surface area contributed by atoms with Crippen molar-refractivity contribution >= 4 is 33.3 Å². The Balaban J connectivity index is 2.26. The highest BCUT2D eigenvalue weighted by molar-refractivity contribution is 9.10. The summed E-state index contributed by atoms with van der Waals surface area (Å²) in [5.74, 6) is 1.32. The van der Waals surface area contributed by atoms with Gasteiger partial charge in [0.15, 0.2) is 5.82 Å². The molecule has 6 heteroatoms. The summed E-state index contributed by atoms with van der Waals surface area (Å²) in [4.78, 5) is 8.36. The maximum atomic E-state index is 8.79. The molecule has 2 rings (SSSR count). The van der Waals surface area contributed by atoms with Gasteiger partial charge in [-0.1, -0.05) is 0 Å². The zero-order chi connectivity index (χ0) is 13.0. The zero-order valence-corrected chi connectivity index (χ0v) is 11.2. The topological polar surface area (TPSA) is 73.6 Å². The molecule has 0 aliphatic rings. The number of nitriles is 1. The quantitative estimate of drug-likeness (QED) is 0.912. The summed E-state index contributed by atoms with van der Waals surface area (Å²) < 4.78 is 0.804. The summed E-state index contributed by atoms with van der Waals surface area (Å²) in [5, 5.41) is 14.8. The van der Waals surface area contributed by atoms with Gasteiger partial charge in [0.1, 0.15) is 5.82 Å². The van der Waals surface area contributed by atoms with Crippen LogP contribution >= 0.6 is 15.9 Å². The Labute approximate surface area is 113 Å². The van der Waals surface area contributed by atoms with E-state index in [-0.39, 0.29) is 0 Å². The van der Waals surface area contributed by atoms with Gasteiger partial charge in [0.05, 0.1) is 29.7 Å². The zero-order valence-electron chi connectivity index (χ0n) is 9.61. The van der Waals surface area contributed by atoms with Crippen LogP contribution in [0, 0.1) is 11.3 Å². The molecule has 0 bridgehead atoms. The van der Waals surface area contributed by atoms with E-state index in [0.29, 0.717) is 17.2 Å². The van der Waals surface area contributed by atoms with Gasteiger partial charge in [-0.15, -0.1) is 0 Å². The Bertz CT molecular complexity index is 606. The molecule has 0 aliphatic heterocycles. The Morgan fingerprint density at radius 3 is 2.72 bits per heavy atom. The third-order valence-electron chi connectivity index (χ3n) is 2.25. The van der Waals surface area contributed by atoms with Crippen LogP contribution in [0.2, 0.25) is 0 Å². The number of aromatic nitrogens is 2. The second kappa shape index (κ2) is 5.47. The van der Waals surface area contributed by atoms with Crippen LogP contribution in [0.3, 0.4) is 0 Å². The van der Waals surface area contributed by atoms with Gasteiger partial charge in [-0.05, 0) is 34.1 Å². The van der Waals surface area contributed by atoms with E-state index in [0.717, 1.165) is 10.2 Å². The van der Waals surface area contributed by atoms with Crippen LogP contribution in [0.5, 0.6) is 0 Å². The van der Waals surface area contributed by atoms with Crippen molar-refractivity contribution in [2.24, 2.45) is 0 Å². The van der Waals surface area contributed by atoms with E-state index >= 15 is 0 Å². The fourth-order valence-electron chi connectivity index (χ4n) is 1.37. The van der Waals surface area contributed by atoms with Gasteiger partial charge in [0.2, 0.25) is 0 Å². The minimum Gasteiger partial charge on any atom is -0.372 e. The number of rotatable bonds is 3. The Hall–Kier alpha value is -2.13. The standard InChI is InChI=1S/C12H10BrN5/c1-15-11-6-16-7-12(18-11)17-10-3-2-8(5-14)4-9(10)13/h2-4,6-7H,1H3,(H2,15,17,18). The number of nitrogens with zero attached hydrogens (tertiary/aromatic N) is 3. The highest BCUT2D eigenvalue weighted by Crippen LogP contribution is 2.26. The van der Waals surface area contributed by atoms with Crippen LogP contribution in [0.4, 0.5) is 17.3 Å². The SMILES string of the molecule is CNc1cncc(Nc2ccc(C#N)cc2Br)n1. The lowest BCUT2D eigenvalue weighted by atomic mass is 10.2. The van der Waals surface area contributed by atoms with Crippen LogP contribution in [0.1, 0.15) is 5.56 Å². The Morgan fingerprint density at radius 1 is 1.28 bits per heavy atom. The summed E-state index contributed by atoms with van der Waals surface area (Å²) >= 11 is 3.40. The molecular weight excluding hydrogens is 294 g/mol. The second-order valence-electron chi connectivity index (χ2n) is 3.47. The molecule has 0 unspecified atom stereocenters. The molecule has 5 nitrogen and oxygen atoms in total. The number of benzene rings is 1. The lowest BCUT2D eigenvalue weighted by Crippen LogP contribution is -1.99. The normalized spacial score (nSPS) is 9.61. The lowest BCUT2D eigenvalue weighted by molar-refractivity contribution is 1.18. The van der Waals surface area contributed by atoms with E-state index in [1.165, 1.54) is 0 Å². The van der Waals surface area contributed by atoms with Crippen LogP contribution < -0.4 is 10.6 Å². The smallest absolute Gasteiger partial charge is 0.151 e. The van der Waals surface area contributed by atoms with Gasteiger partial charge in [-0.25, -0.2) is 4.98 Å². The van der Waals surface area contributed by atoms with Gasteiger partial charge < -0.3 is 10.6 Å². The first-order chi connectivity index (χ1) is 8.72. The molecule has 0 fully saturated rings. The highest BCUT2D eigenvalue weighted by Gasteiger charge is 2.03. The molecular formula is C12H10BrN5.